The number of nitrogens with one attached hydrogen (secondary N) is 1. The van der Waals surface area contributed by atoms with Crippen molar-refractivity contribution in [2.75, 3.05) is 11.9 Å². The standard InChI is InChI=1S/C20H18F2N2O/c21-14-9-13(10-15(22)11-14)19-16-2-1-7-25-20(16)17-8-12(5-6-23)3-4-18(17)24-19/h3-4,8-11,16,19-20,24H,1-2,5,7H2. The lowest BCUT2D eigenvalue weighted by atomic mass is 9.77. The van der Waals surface area contributed by atoms with Crippen molar-refractivity contribution in [1.29, 1.82) is 5.26 Å². The smallest absolute Gasteiger partial charge is 0.126 e. The van der Waals surface area contributed by atoms with Crippen LogP contribution in [0.2, 0.25) is 0 Å². The Morgan fingerprint density at radius 2 is 1.96 bits per heavy atom. The monoisotopic (exact) mass is 340 g/mol. The van der Waals surface area contributed by atoms with Crippen LogP contribution < -0.4 is 5.32 Å². The second-order valence-electron chi connectivity index (χ2n) is 6.68. The van der Waals surface area contributed by atoms with Crippen molar-refractivity contribution in [3.8, 4) is 6.07 Å². The Morgan fingerprint density at radius 1 is 1.16 bits per heavy atom. The van der Waals surface area contributed by atoms with Gasteiger partial charge in [0, 0.05) is 29.8 Å². The van der Waals surface area contributed by atoms with Crippen LogP contribution in [-0.2, 0) is 11.2 Å². The first-order chi connectivity index (χ1) is 12.2. The first kappa shape index (κ1) is 16.0. The lowest BCUT2D eigenvalue weighted by molar-refractivity contribution is -0.0382. The van der Waals surface area contributed by atoms with Crippen LogP contribution in [0.1, 0.15) is 41.7 Å². The molecule has 25 heavy (non-hydrogen) atoms. The van der Waals surface area contributed by atoms with E-state index in [1.165, 1.54) is 12.1 Å². The van der Waals surface area contributed by atoms with E-state index in [4.69, 9.17) is 10.00 Å². The molecule has 2 heterocycles. The fourth-order valence-electron chi connectivity index (χ4n) is 4.01. The second-order valence-corrected chi connectivity index (χ2v) is 6.68. The SMILES string of the molecule is N#CCc1ccc2c(c1)C1OCCCC1C(c1cc(F)cc(F)c1)N2. The highest BCUT2D eigenvalue weighted by Gasteiger charge is 2.40. The van der Waals surface area contributed by atoms with Crippen molar-refractivity contribution < 1.29 is 13.5 Å². The largest absolute Gasteiger partial charge is 0.378 e. The Hall–Kier alpha value is -2.45. The van der Waals surface area contributed by atoms with Gasteiger partial charge in [-0.2, -0.15) is 5.26 Å². The Bertz CT molecular complexity index is 826. The van der Waals surface area contributed by atoms with Crippen molar-refractivity contribution in [2.24, 2.45) is 5.92 Å². The minimum Gasteiger partial charge on any atom is -0.378 e. The molecule has 3 unspecified atom stereocenters. The van der Waals surface area contributed by atoms with Crippen molar-refractivity contribution in [1.82, 2.24) is 0 Å². The molecule has 1 N–H and O–H groups in total. The van der Waals surface area contributed by atoms with E-state index in [2.05, 4.69) is 11.4 Å². The molecular formula is C20H18F2N2O. The number of halogens is 2. The van der Waals surface area contributed by atoms with Crippen LogP contribution in [-0.4, -0.2) is 6.61 Å². The van der Waals surface area contributed by atoms with Gasteiger partial charge in [0.1, 0.15) is 11.6 Å². The maximum absolute atomic E-state index is 13.7. The number of fused-ring (bicyclic) bond motifs is 3. The van der Waals surface area contributed by atoms with E-state index in [0.29, 0.717) is 18.6 Å². The van der Waals surface area contributed by atoms with Crippen molar-refractivity contribution in [3.63, 3.8) is 0 Å². The van der Waals surface area contributed by atoms with Gasteiger partial charge in [0.15, 0.2) is 0 Å². The van der Waals surface area contributed by atoms with Crippen molar-refractivity contribution >= 4 is 5.69 Å². The lowest BCUT2D eigenvalue weighted by Crippen LogP contribution is -2.36. The van der Waals surface area contributed by atoms with Gasteiger partial charge in [0.05, 0.1) is 24.6 Å². The quantitative estimate of drug-likeness (QED) is 0.864. The average molecular weight is 340 g/mol. The summed E-state index contributed by atoms with van der Waals surface area (Å²) in [6, 6.07) is 11.5. The molecule has 2 aliphatic rings. The van der Waals surface area contributed by atoms with Gasteiger partial charge in [0.25, 0.3) is 0 Å². The molecule has 0 aromatic heterocycles. The zero-order valence-electron chi connectivity index (χ0n) is 13.6. The number of nitriles is 1. The summed E-state index contributed by atoms with van der Waals surface area (Å²) in [5.41, 5.74) is 3.49. The van der Waals surface area contributed by atoms with Gasteiger partial charge in [-0.05, 0) is 42.2 Å². The van der Waals surface area contributed by atoms with Crippen LogP contribution in [0.15, 0.2) is 36.4 Å². The van der Waals surface area contributed by atoms with Crippen LogP contribution in [0.3, 0.4) is 0 Å². The zero-order valence-corrected chi connectivity index (χ0v) is 13.6. The van der Waals surface area contributed by atoms with Crippen LogP contribution in [0, 0.1) is 28.9 Å². The van der Waals surface area contributed by atoms with Gasteiger partial charge in [-0.3, -0.25) is 0 Å². The first-order valence-corrected chi connectivity index (χ1v) is 8.49. The number of nitrogens with zero attached hydrogens (tertiary/aromatic N) is 1. The minimum absolute atomic E-state index is 0.0970. The summed E-state index contributed by atoms with van der Waals surface area (Å²) in [5.74, 6) is -1.04. The highest BCUT2D eigenvalue weighted by molar-refractivity contribution is 5.58. The molecule has 0 radical (unpaired) electrons. The Labute approximate surface area is 145 Å². The van der Waals surface area contributed by atoms with E-state index in [1.807, 2.05) is 18.2 Å². The molecule has 3 nitrogen and oxygen atoms in total. The van der Waals surface area contributed by atoms with Crippen LogP contribution in [0.5, 0.6) is 0 Å². The topological polar surface area (TPSA) is 45.0 Å². The zero-order chi connectivity index (χ0) is 17.4. The molecular weight excluding hydrogens is 322 g/mol. The molecule has 1 saturated heterocycles. The maximum atomic E-state index is 13.7. The van der Waals surface area contributed by atoms with Crippen LogP contribution in [0.25, 0.3) is 0 Å². The van der Waals surface area contributed by atoms with Crippen LogP contribution in [0.4, 0.5) is 14.5 Å². The molecule has 0 amide bonds. The molecule has 5 heteroatoms. The molecule has 3 atom stereocenters. The van der Waals surface area contributed by atoms with Crippen LogP contribution >= 0.6 is 0 Å². The number of benzene rings is 2. The van der Waals surface area contributed by atoms with E-state index in [9.17, 15) is 8.78 Å². The molecule has 1 fully saturated rings. The second kappa shape index (κ2) is 6.45. The van der Waals surface area contributed by atoms with E-state index >= 15 is 0 Å². The summed E-state index contributed by atoms with van der Waals surface area (Å²) in [6.07, 6.45) is 2.07. The third-order valence-electron chi connectivity index (χ3n) is 5.06. The fraction of sp³-hybridized carbons (Fsp3) is 0.350. The van der Waals surface area contributed by atoms with E-state index in [-0.39, 0.29) is 18.1 Å². The summed E-state index contributed by atoms with van der Waals surface area (Å²) in [7, 11) is 0. The third kappa shape index (κ3) is 2.98. The fourth-order valence-corrected chi connectivity index (χ4v) is 4.01. The molecule has 0 spiro atoms. The molecule has 128 valence electrons. The number of ether oxygens (including phenoxy) is 1. The van der Waals surface area contributed by atoms with Gasteiger partial charge in [-0.1, -0.05) is 12.1 Å². The Morgan fingerprint density at radius 3 is 2.72 bits per heavy atom. The number of hydrogen-bond acceptors (Lipinski definition) is 3. The van der Waals surface area contributed by atoms with Gasteiger partial charge < -0.3 is 10.1 Å². The maximum Gasteiger partial charge on any atom is 0.126 e. The molecule has 2 aromatic carbocycles. The number of rotatable bonds is 2. The average Bonchev–Trinajstić information content (AvgIpc) is 2.60. The number of hydrogen-bond donors (Lipinski definition) is 1. The van der Waals surface area contributed by atoms with Gasteiger partial charge in [-0.25, -0.2) is 8.78 Å². The minimum atomic E-state index is -0.569. The van der Waals surface area contributed by atoms with Crippen molar-refractivity contribution in [2.45, 2.75) is 31.4 Å². The lowest BCUT2D eigenvalue weighted by Gasteiger charge is -2.43. The van der Waals surface area contributed by atoms with E-state index in [1.54, 1.807) is 0 Å². The van der Waals surface area contributed by atoms with Gasteiger partial charge >= 0.3 is 0 Å². The highest BCUT2D eigenvalue weighted by atomic mass is 19.1. The van der Waals surface area contributed by atoms with E-state index < -0.39 is 11.6 Å². The van der Waals surface area contributed by atoms with E-state index in [0.717, 1.165) is 35.7 Å². The summed E-state index contributed by atoms with van der Waals surface area (Å²) >= 11 is 0. The molecule has 0 saturated carbocycles. The normalized spacial score (nSPS) is 24.6. The first-order valence-electron chi connectivity index (χ1n) is 8.49. The van der Waals surface area contributed by atoms with Crippen molar-refractivity contribution in [3.05, 3.63) is 64.7 Å². The molecule has 2 aromatic rings. The summed E-state index contributed by atoms with van der Waals surface area (Å²) in [5, 5.41) is 12.4. The molecule has 4 rings (SSSR count). The van der Waals surface area contributed by atoms with Gasteiger partial charge in [-0.15, -0.1) is 0 Å². The van der Waals surface area contributed by atoms with Gasteiger partial charge in [0.2, 0.25) is 0 Å². The molecule has 0 bridgehead atoms. The summed E-state index contributed by atoms with van der Waals surface area (Å²) < 4.78 is 33.5. The highest BCUT2D eigenvalue weighted by Crippen LogP contribution is 2.49. The molecule has 0 aliphatic carbocycles. The predicted octanol–water partition coefficient (Wildman–Crippen LogP) is 4.67. The molecule has 2 aliphatic heterocycles. The predicted molar refractivity (Wildman–Crippen MR) is 89.9 cm³/mol. The number of anilines is 1. The summed E-state index contributed by atoms with van der Waals surface area (Å²) in [6.45, 7) is 0.674. The summed E-state index contributed by atoms with van der Waals surface area (Å²) in [4.78, 5) is 0. The Kier molecular flexibility index (Phi) is 4.14. The Balaban J connectivity index is 1.77. The third-order valence-corrected chi connectivity index (χ3v) is 5.06.